The number of para-hydroxylation sites is 2. The molecule has 6 aromatic rings. The molecule has 1 aliphatic rings. The highest BCUT2D eigenvalue weighted by Crippen LogP contribution is 2.24. The van der Waals surface area contributed by atoms with Gasteiger partial charge in [0.25, 0.3) is 0 Å². The summed E-state index contributed by atoms with van der Waals surface area (Å²) in [6.07, 6.45) is 2.42. The van der Waals surface area contributed by atoms with Crippen molar-refractivity contribution in [3.05, 3.63) is 120 Å². The first-order chi connectivity index (χ1) is 54.4. The number of hydrogen-bond acceptors (Lipinski definition) is 18. The Kier molecular flexibility index (Phi) is 34.5. The van der Waals surface area contributed by atoms with Gasteiger partial charge in [-0.25, -0.2) is 0 Å². The lowest BCUT2D eigenvalue weighted by Gasteiger charge is -2.29. The molecule has 14 amide bonds. The van der Waals surface area contributed by atoms with E-state index < -0.39 is 192 Å². The maximum atomic E-state index is 15.1. The van der Waals surface area contributed by atoms with Gasteiger partial charge in [-0.1, -0.05) is 127 Å². The topological polar surface area (TPSA) is 575 Å². The molecule has 2 aromatic heterocycles. The molecule has 35 nitrogen and oxygen atoms in total. The number of primary amides is 2. The van der Waals surface area contributed by atoms with E-state index in [4.69, 9.17) is 28.3 Å². The number of guanidine groups is 1. The fourth-order valence-corrected chi connectivity index (χ4v) is 13.8. The maximum Gasteiger partial charge on any atom is 0.245 e. The zero-order chi connectivity index (χ0) is 83.3. The second-order valence-electron chi connectivity index (χ2n) is 29.0. The maximum absolute atomic E-state index is 15.1. The number of nitrogens with two attached hydrogens (primary N) is 4. The Bertz CT molecular complexity index is 4420. The van der Waals surface area contributed by atoms with Crippen molar-refractivity contribution in [1.82, 2.24) is 79.1 Å². The lowest BCUT2D eigenvalue weighted by Crippen LogP contribution is -2.62. The first-order valence-electron chi connectivity index (χ1n) is 38.1. The summed E-state index contributed by atoms with van der Waals surface area (Å²) < 4.78 is 0. The minimum Gasteiger partial charge on any atom is -0.394 e. The van der Waals surface area contributed by atoms with Crippen LogP contribution in [0.3, 0.4) is 0 Å². The number of aromatic amines is 2. The number of aromatic nitrogens is 2. The third kappa shape index (κ3) is 26.8. The Hall–Kier alpha value is -11.7. The van der Waals surface area contributed by atoms with Crippen molar-refractivity contribution in [2.24, 2.45) is 40.7 Å². The highest BCUT2D eigenvalue weighted by molar-refractivity contribution is 7.99. The molecular formula is C78H108N20O15S. The van der Waals surface area contributed by atoms with E-state index in [0.29, 0.717) is 44.9 Å². The molecule has 7 rings (SSSR count). The highest BCUT2D eigenvalue weighted by Gasteiger charge is 2.39. The summed E-state index contributed by atoms with van der Waals surface area (Å²) in [6, 6.07) is 10.5. The predicted molar refractivity (Wildman–Crippen MR) is 429 cm³/mol. The van der Waals surface area contributed by atoms with E-state index in [1.807, 2.05) is 42.5 Å². The molecule has 4 aromatic carbocycles. The molecule has 0 saturated carbocycles. The summed E-state index contributed by atoms with van der Waals surface area (Å²) in [5, 5.41) is 55.4. The van der Waals surface area contributed by atoms with E-state index in [1.165, 1.54) is 0 Å². The quantitative estimate of drug-likeness (QED) is 0.0209. The van der Waals surface area contributed by atoms with E-state index in [1.54, 1.807) is 102 Å². The lowest BCUT2D eigenvalue weighted by molar-refractivity contribution is -0.137. The fraction of sp³-hybridized carbons (Fsp3) is 0.474. The molecule has 12 atom stereocenters. The summed E-state index contributed by atoms with van der Waals surface area (Å²) in [5.74, 6) is -15.9. The minimum absolute atomic E-state index is 0.0119. The summed E-state index contributed by atoms with van der Waals surface area (Å²) in [4.78, 5) is 207. The van der Waals surface area contributed by atoms with Crippen LogP contribution in [0.2, 0.25) is 0 Å². The average Bonchev–Trinajstić information content (AvgIpc) is 1.66. The van der Waals surface area contributed by atoms with Gasteiger partial charge in [-0.3, -0.25) is 72.5 Å². The standard InChI is InChI=1S/C78H108N20O15S/c1-7-43(6)66-77(113)95-60(39-99)68(104)87-38-62(101)88-54(24-16-29-84-78(82)83)69(105)94-59(35-61(80)100)71(107)93-58(34-48-37-86-52-22-13-11-20-50(48)52)74(110)97-65(42(4)5)76(112)91-55(23-14-15-28-79)70(106)92-57(33-47-36-85-51-21-12-10-19-49(47)51)73(109)96-64(41(2)3)75(111)90-53(67(81)103)27-30-114-40-63(102)89-56(72(108)98-66)32-44-25-26-45-17-8-9-18-46(45)31-44/h8-13,17-22,25-26,31,36-37,41-43,53-60,64-66,85-86,99H,7,14-16,23-24,27-30,32-35,38-40,79H2,1-6H3,(H2,80,100)(H2,81,103)(H,87,104)(H,88,101)(H,89,102)(H,90,111)(H,91,112)(H,92,106)(H,93,107)(H,94,105)(H,95,113)(H,96,109)(H,97,110)(H,98,108)(H4,82,83,84)/t43-,53-,54-,55-,56-,57+,58-,59-,60+,64-,65+,66-/m0/s1. The Morgan fingerprint density at radius 3 is 1.54 bits per heavy atom. The van der Waals surface area contributed by atoms with Crippen LogP contribution in [0, 0.1) is 23.2 Å². The van der Waals surface area contributed by atoms with Crippen molar-refractivity contribution in [2.45, 2.75) is 179 Å². The molecule has 616 valence electrons. The molecule has 0 radical (unpaired) electrons. The van der Waals surface area contributed by atoms with Crippen LogP contribution in [0.15, 0.2) is 103 Å². The number of hydrogen-bond donors (Lipinski definition) is 21. The van der Waals surface area contributed by atoms with Crippen molar-refractivity contribution in [3.8, 4) is 0 Å². The number of carbonyl (C=O) groups is 14. The van der Waals surface area contributed by atoms with Crippen LogP contribution < -0.4 is 92.1 Å². The summed E-state index contributed by atoms with van der Waals surface area (Å²) in [5.41, 5.74) is 26.1. The number of thioether (sulfide) groups is 1. The van der Waals surface area contributed by atoms with Crippen LogP contribution in [-0.4, -0.2) is 208 Å². The molecule has 1 saturated heterocycles. The number of nitrogens with one attached hydrogen (secondary N) is 16. The smallest absolute Gasteiger partial charge is 0.245 e. The Morgan fingerprint density at radius 2 is 0.991 bits per heavy atom. The van der Waals surface area contributed by atoms with Crippen molar-refractivity contribution in [1.29, 1.82) is 5.41 Å². The van der Waals surface area contributed by atoms with Gasteiger partial charge in [0.15, 0.2) is 5.96 Å². The van der Waals surface area contributed by atoms with Crippen molar-refractivity contribution in [3.63, 3.8) is 0 Å². The number of H-pyrrole nitrogens is 2. The summed E-state index contributed by atoms with van der Waals surface area (Å²) in [6.45, 7) is 8.14. The monoisotopic (exact) mass is 1600 g/mol. The number of aliphatic hydroxyl groups is 1. The van der Waals surface area contributed by atoms with Crippen molar-refractivity contribution >= 4 is 133 Å². The number of rotatable bonds is 22. The molecule has 3 heterocycles. The number of aliphatic hydroxyl groups excluding tert-OH is 1. The number of amides is 14. The zero-order valence-corrected chi connectivity index (χ0v) is 65.6. The second-order valence-corrected chi connectivity index (χ2v) is 30.1. The third-order valence-electron chi connectivity index (χ3n) is 19.6. The molecular weight excluding hydrogens is 1490 g/mol. The van der Waals surface area contributed by atoms with Crippen LogP contribution >= 0.6 is 11.8 Å². The molecule has 0 aliphatic carbocycles. The van der Waals surface area contributed by atoms with E-state index in [0.717, 1.165) is 22.5 Å². The Morgan fingerprint density at radius 1 is 0.518 bits per heavy atom. The third-order valence-corrected chi connectivity index (χ3v) is 20.6. The van der Waals surface area contributed by atoms with E-state index >= 15 is 9.59 Å². The van der Waals surface area contributed by atoms with Crippen LogP contribution in [0.1, 0.15) is 110 Å². The second kappa shape index (κ2) is 44.0. The Balaban J connectivity index is 1.25. The predicted octanol–water partition coefficient (Wildman–Crippen LogP) is -1.48. The van der Waals surface area contributed by atoms with Gasteiger partial charge >= 0.3 is 0 Å². The SMILES string of the molecule is CC[C@H](C)[C@@H]1NC(=O)[C@H](Cc2ccc3ccccc3c2)NC(=O)CSCC[C@@H](C(N)=O)NC(=O)[C@H](C(C)C)NC(=O)[C@@H](Cc2c[nH]c3ccccc23)NC(=O)[C@H](CCCCN)NC(=O)[C@@H](C(C)C)NC(=O)[C@H](Cc2c[nH]c3ccccc23)NC(=O)[C@H](CC(N)=O)NC(=O)[C@H](CCCNC(=N)N)NC(=O)CNC(=O)[C@@H](CO)NC1=O. The van der Waals surface area contributed by atoms with Gasteiger partial charge in [-0.2, -0.15) is 11.8 Å². The molecule has 0 unspecified atom stereocenters. The van der Waals surface area contributed by atoms with Crippen LogP contribution in [-0.2, 0) is 86.4 Å². The summed E-state index contributed by atoms with van der Waals surface area (Å²) in [7, 11) is 0. The molecule has 36 heteroatoms. The zero-order valence-electron chi connectivity index (χ0n) is 64.8. The number of fused-ring (bicyclic) bond motifs is 3. The van der Waals surface area contributed by atoms with Crippen LogP contribution in [0.5, 0.6) is 0 Å². The molecule has 1 fully saturated rings. The molecule has 0 bridgehead atoms. The lowest BCUT2D eigenvalue weighted by atomic mass is 9.96. The molecule has 114 heavy (non-hydrogen) atoms. The highest BCUT2D eigenvalue weighted by atomic mass is 32.2. The van der Waals surface area contributed by atoms with Crippen LogP contribution in [0.4, 0.5) is 0 Å². The summed E-state index contributed by atoms with van der Waals surface area (Å²) >= 11 is 1.04. The minimum atomic E-state index is -1.87. The van der Waals surface area contributed by atoms with E-state index in [9.17, 15) is 62.6 Å². The average molecular weight is 1600 g/mol. The number of unbranched alkanes of at least 4 members (excludes halogenated alkanes) is 1. The van der Waals surface area contributed by atoms with Gasteiger partial charge in [0.2, 0.25) is 82.7 Å². The van der Waals surface area contributed by atoms with Gasteiger partial charge < -0.3 is 107 Å². The number of benzene rings is 4. The van der Waals surface area contributed by atoms with Crippen molar-refractivity contribution < 1.29 is 72.2 Å². The van der Waals surface area contributed by atoms with Crippen LogP contribution in [0.25, 0.3) is 32.6 Å². The van der Waals surface area contributed by atoms with Gasteiger partial charge in [0.1, 0.15) is 66.5 Å². The molecule has 0 spiro atoms. The first kappa shape index (κ1) is 89.5. The van der Waals surface area contributed by atoms with E-state index in [-0.39, 0.29) is 82.4 Å². The van der Waals surface area contributed by atoms with Gasteiger partial charge in [-0.15, -0.1) is 0 Å². The largest absolute Gasteiger partial charge is 0.394 e. The van der Waals surface area contributed by atoms with Gasteiger partial charge in [0, 0.05) is 60.0 Å². The van der Waals surface area contributed by atoms with E-state index in [2.05, 4.69) is 79.1 Å². The first-order valence-corrected chi connectivity index (χ1v) is 39.3. The Labute approximate surface area is 663 Å². The van der Waals surface area contributed by atoms with Gasteiger partial charge in [-0.05, 0) is 108 Å². The number of carbonyl (C=O) groups excluding carboxylic acids is 14. The van der Waals surface area contributed by atoms with Gasteiger partial charge in [0.05, 0.1) is 25.3 Å². The fourth-order valence-electron chi connectivity index (χ4n) is 13.0. The normalized spacial score (nSPS) is 23.1. The molecule has 1 aliphatic heterocycles. The van der Waals surface area contributed by atoms with Crippen molar-refractivity contribution in [2.75, 3.05) is 37.7 Å². The molecule has 25 N–H and O–H groups in total.